The Hall–Kier alpha value is -2.04. The number of nitrogens with zero attached hydrogens (tertiary/aromatic N) is 1. The van der Waals surface area contributed by atoms with Crippen molar-refractivity contribution in [1.82, 2.24) is 15.5 Å². The van der Waals surface area contributed by atoms with E-state index in [-0.39, 0.29) is 18.1 Å². The first-order chi connectivity index (χ1) is 11.5. The second-order valence-electron chi connectivity index (χ2n) is 6.12. The average molecular weight is 346 g/mol. The monoisotopic (exact) mass is 345 g/mol. The molecule has 0 bridgehead atoms. The van der Waals surface area contributed by atoms with Gasteiger partial charge in [0.05, 0.1) is 12.1 Å². The normalized spacial score (nSPS) is 13.4. The lowest BCUT2D eigenvalue weighted by Crippen LogP contribution is -2.42. The van der Waals surface area contributed by atoms with Gasteiger partial charge in [-0.3, -0.25) is 0 Å². The van der Waals surface area contributed by atoms with Crippen LogP contribution in [0.5, 0.6) is 0 Å². The van der Waals surface area contributed by atoms with Gasteiger partial charge in [0.25, 0.3) is 0 Å². The smallest absolute Gasteiger partial charge is 0.315 e. The Bertz CT molecular complexity index is 643. The minimum absolute atomic E-state index is 0.0707. The maximum Gasteiger partial charge on any atom is 0.315 e. The number of nitrogens with one attached hydrogen (secondary N) is 2. The maximum atomic E-state index is 12.4. The molecule has 2 aromatic rings. The first kappa shape index (κ1) is 18.3. The average Bonchev–Trinajstić information content (AvgIpc) is 2.55. The molecule has 0 radical (unpaired) electrons. The van der Waals surface area contributed by atoms with E-state index in [9.17, 15) is 4.79 Å². The summed E-state index contributed by atoms with van der Waals surface area (Å²) in [7, 11) is 3.98. The summed E-state index contributed by atoms with van der Waals surface area (Å²) in [6.07, 6.45) is 0. The van der Waals surface area contributed by atoms with Crippen molar-refractivity contribution in [1.29, 1.82) is 0 Å². The second kappa shape index (κ2) is 8.71. The van der Waals surface area contributed by atoms with Gasteiger partial charge in [-0.05, 0) is 44.3 Å². The van der Waals surface area contributed by atoms with E-state index in [4.69, 9.17) is 11.6 Å². The lowest BCUT2D eigenvalue weighted by atomic mass is 10.1. The van der Waals surface area contributed by atoms with Crippen molar-refractivity contribution in [2.45, 2.75) is 19.0 Å². The van der Waals surface area contributed by atoms with Crippen molar-refractivity contribution in [2.24, 2.45) is 0 Å². The Balaban J connectivity index is 2.00. The van der Waals surface area contributed by atoms with Crippen molar-refractivity contribution in [3.05, 3.63) is 70.7 Å². The van der Waals surface area contributed by atoms with Gasteiger partial charge in [0.1, 0.15) is 0 Å². The number of hydrogen-bond donors (Lipinski definition) is 2. The zero-order valence-electron chi connectivity index (χ0n) is 14.3. The first-order valence-electron chi connectivity index (χ1n) is 7.98. The minimum Gasteiger partial charge on any atom is -0.332 e. The van der Waals surface area contributed by atoms with Crippen LogP contribution in [0, 0.1) is 0 Å². The molecule has 2 atom stereocenters. The fraction of sp³-hybridized carbons (Fsp3) is 0.316. The van der Waals surface area contributed by atoms with Crippen molar-refractivity contribution >= 4 is 17.6 Å². The summed E-state index contributed by atoms with van der Waals surface area (Å²) in [5.74, 6) is 0. The molecule has 24 heavy (non-hydrogen) atoms. The molecule has 128 valence electrons. The lowest BCUT2D eigenvalue weighted by Gasteiger charge is -2.24. The molecule has 4 nitrogen and oxygen atoms in total. The van der Waals surface area contributed by atoms with E-state index in [1.807, 2.05) is 75.6 Å². The third kappa shape index (κ3) is 5.55. The van der Waals surface area contributed by atoms with E-state index in [2.05, 4.69) is 15.5 Å². The Morgan fingerprint density at radius 1 is 1.00 bits per heavy atom. The van der Waals surface area contributed by atoms with Gasteiger partial charge < -0.3 is 15.5 Å². The highest BCUT2D eigenvalue weighted by atomic mass is 35.5. The van der Waals surface area contributed by atoms with Crippen LogP contribution in [-0.4, -0.2) is 31.6 Å². The van der Waals surface area contributed by atoms with Crippen LogP contribution in [-0.2, 0) is 0 Å². The van der Waals surface area contributed by atoms with Crippen LogP contribution in [0.1, 0.15) is 30.1 Å². The molecular weight excluding hydrogens is 322 g/mol. The number of carbonyl (C=O) groups is 1. The third-order valence-electron chi connectivity index (χ3n) is 3.77. The molecule has 2 unspecified atom stereocenters. The van der Waals surface area contributed by atoms with E-state index < -0.39 is 0 Å². The quantitative estimate of drug-likeness (QED) is 0.831. The summed E-state index contributed by atoms with van der Waals surface area (Å²) in [4.78, 5) is 14.4. The molecule has 0 saturated carbocycles. The van der Waals surface area contributed by atoms with Crippen LogP contribution >= 0.6 is 11.6 Å². The molecule has 5 heteroatoms. The Morgan fingerprint density at radius 2 is 1.62 bits per heavy atom. The number of benzene rings is 2. The molecule has 0 saturated heterocycles. The molecular formula is C19H24ClN3O. The Kier molecular flexibility index (Phi) is 6.64. The topological polar surface area (TPSA) is 44.4 Å². The summed E-state index contributed by atoms with van der Waals surface area (Å²) in [5, 5.41) is 6.72. The van der Waals surface area contributed by atoms with Gasteiger partial charge in [0.15, 0.2) is 0 Å². The van der Waals surface area contributed by atoms with E-state index >= 15 is 0 Å². The fourth-order valence-electron chi connectivity index (χ4n) is 2.52. The molecule has 0 aliphatic rings. The molecule has 2 N–H and O–H groups in total. The SMILES string of the molecule is CC(NC(=O)NC(CN(C)C)c1ccccc1)c1ccc(Cl)cc1. The van der Waals surface area contributed by atoms with Gasteiger partial charge in [-0.2, -0.15) is 0 Å². The first-order valence-corrected chi connectivity index (χ1v) is 8.35. The van der Waals surface area contributed by atoms with Crippen LogP contribution in [0.4, 0.5) is 4.79 Å². The minimum atomic E-state index is -0.187. The molecule has 0 fully saturated rings. The van der Waals surface area contributed by atoms with E-state index in [1.165, 1.54) is 0 Å². The van der Waals surface area contributed by atoms with Crippen LogP contribution in [0.2, 0.25) is 5.02 Å². The van der Waals surface area contributed by atoms with Crippen LogP contribution < -0.4 is 10.6 Å². The second-order valence-corrected chi connectivity index (χ2v) is 6.55. The third-order valence-corrected chi connectivity index (χ3v) is 4.02. The fourth-order valence-corrected chi connectivity index (χ4v) is 2.64. The number of hydrogen-bond acceptors (Lipinski definition) is 2. The molecule has 0 aliphatic carbocycles. The summed E-state index contributed by atoms with van der Waals surface area (Å²) >= 11 is 5.90. The number of likely N-dealkylation sites (N-methyl/N-ethyl adjacent to an activating group) is 1. The van der Waals surface area contributed by atoms with Gasteiger partial charge in [-0.25, -0.2) is 4.79 Å². The summed E-state index contributed by atoms with van der Waals surface area (Å²) in [6.45, 7) is 2.68. The van der Waals surface area contributed by atoms with E-state index in [0.29, 0.717) is 5.02 Å². The van der Waals surface area contributed by atoms with E-state index in [0.717, 1.165) is 17.7 Å². The zero-order valence-corrected chi connectivity index (χ0v) is 15.0. The highest BCUT2D eigenvalue weighted by Crippen LogP contribution is 2.17. The number of rotatable bonds is 6. The summed E-state index contributed by atoms with van der Waals surface area (Å²) in [6, 6.07) is 17.1. The maximum absolute atomic E-state index is 12.4. The summed E-state index contributed by atoms with van der Waals surface area (Å²) in [5.41, 5.74) is 2.10. The van der Waals surface area contributed by atoms with Gasteiger partial charge >= 0.3 is 6.03 Å². The van der Waals surface area contributed by atoms with Crippen molar-refractivity contribution in [3.8, 4) is 0 Å². The van der Waals surface area contributed by atoms with Crippen LogP contribution in [0.25, 0.3) is 0 Å². The van der Waals surface area contributed by atoms with Gasteiger partial charge in [-0.1, -0.05) is 54.1 Å². The van der Waals surface area contributed by atoms with Crippen molar-refractivity contribution in [2.75, 3.05) is 20.6 Å². The lowest BCUT2D eigenvalue weighted by molar-refractivity contribution is 0.230. The van der Waals surface area contributed by atoms with Crippen LogP contribution in [0.3, 0.4) is 0 Å². The molecule has 0 heterocycles. The predicted molar refractivity (Wildman–Crippen MR) is 99.3 cm³/mol. The van der Waals surface area contributed by atoms with Crippen LogP contribution in [0.15, 0.2) is 54.6 Å². The van der Waals surface area contributed by atoms with Gasteiger partial charge in [0.2, 0.25) is 0 Å². The number of carbonyl (C=O) groups excluding carboxylic acids is 1. The molecule has 2 rings (SSSR count). The standard InChI is InChI=1S/C19H24ClN3O/c1-14(15-9-11-17(20)12-10-15)21-19(24)22-18(13-23(2)3)16-7-5-4-6-8-16/h4-12,14,18H,13H2,1-3H3,(H2,21,22,24). The molecule has 0 aromatic heterocycles. The van der Waals surface area contributed by atoms with Crippen molar-refractivity contribution in [3.63, 3.8) is 0 Å². The molecule has 0 spiro atoms. The number of amides is 2. The largest absolute Gasteiger partial charge is 0.332 e. The highest BCUT2D eigenvalue weighted by molar-refractivity contribution is 6.30. The van der Waals surface area contributed by atoms with Crippen molar-refractivity contribution < 1.29 is 4.79 Å². The summed E-state index contributed by atoms with van der Waals surface area (Å²) < 4.78 is 0. The predicted octanol–water partition coefficient (Wildman–Crippen LogP) is 4.00. The highest BCUT2D eigenvalue weighted by Gasteiger charge is 2.17. The zero-order chi connectivity index (χ0) is 17.5. The van der Waals surface area contributed by atoms with Gasteiger partial charge in [-0.15, -0.1) is 0 Å². The van der Waals surface area contributed by atoms with Gasteiger partial charge in [0, 0.05) is 11.6 Å². The molecule has 2 aromatic carbocycles. The number of urea groups is 1. The Labute approximate surface area is 148 Å². The molecule has 0 aliphatic heterocycles. The Morgan fingerprint density at radius 3 is 2.21 bits per heavy atom. The molecule has 2 amide bonds. The number of halogens is 1. The van der Waals surface area contributed by atoms with E-state index in [1.54, 1.807) is 0 Å².